The van der Waals surface area contributed by atoms with E-state index in [-0.39, 0.29) is 0 Å². The summed E-state index contributed by atoms with van der Waals surface area (Å²) in [6, 6.07) is 0. The third-order valence-corrected chi connectivity index (χ3v) is 5.65. The van der Waals surface area contributed by atoms with Gasteiger partial charge in [-0.3, -0.25) is 0 Å². The van der Waals surface area contributed by atoms with Gasteiger partial charge >= 0.3 is 0 Å². The molecule has 0 bridgehead atoms. The highest BCUT2D eigenvalue weighted by Crippen LogP contribution is 2.49. The Labute approximate surface area is 117 Å². The molecule has 0 unspecified atom stereocenters. The van der Waals surface area contributed by atoms with Crippen LogP contribution in [0.3, 0.4) is 0 Å². The smallest absolute Gasteiger partial charge is 0.138 e. The van der Waals surface area contributed by atoms with Crippen molar-refractivity contribution in [3.63, 3.8) is 0 Å². The number of quaternary nitrogens is 1. The molecular formula is C13H14Br2NO+. The van der Waals surface area contributed by atoms with Gasteiger partial charge in [0.15, 0.2) is 0 Å². The van der Waals surface area contributed by atoms with E-state index in [0.717, 1.165) is 42.6 Å². The highest BCUT2D eigenvalue weighted by molar-refractivity contribution is 9.13. The number of fused-ring (bicyclic) bond motifs is 3. The van der Waals surface area contributed by atoms with Gasteiger partial charge in [0.25, 0.3) is 0 Å². The van der Waals surface area contributed by atoms with E-state index in [0.29, 0.717) is 0 Å². The van der Waals surface area contributed by atoms with Gasteiger partial charge in [-0.1, -0.05) is 0 Å². The predicted octanol–water partition coefficient (Wildman–Crippen LogP) is 2.72. The summed E-state index contributed by atoms with van der Waals surface area (Å²) in [6.45, 7) is 1.66. The SMILES string of the molecule is [NH3+]C/C=C1\CCc2c(Br)c(Br)c3c(c21)CCO3. The van der Waals surface area contributed by atoms with Crippen molar-refractivity contribution in [2.75, 3.05) is 13.2 Å². The molecule has 90 valence electrons. The summed E-state index contributed by atoms with van der Waals surface area (Å²) in [5.74, 6) is 1.03. The van der Waals surface area contributed by atoms with E-state index in [1.54, 1.807) is 0 Å². The molecule has 1 aromatic rings. The Balaban J connectivity index is 2.29. The molecule has 0 saturated heterocycles. The van der Waals surface area contributed by atoms with Crippen molar-refractivity contribution in [1.29, 1.82) is 0 Å². The molecule has 2 nitrogen and oxygen atoms in total. The lowest BCUT2D eigenvalue weighted by molar-refractivity contribution is -0.352. The molecule has 4 heteroatoms. The molecule has 0 saturated carbocycles. The summed E-state index contributed by atoms with van der Waals surface area (Å²) in [5.41, 5.74) is 9.62. The number of ether oxygens (including phenoxy) is 1. The molecule has 3 rings (SSSR count). The lowest BCUT2D eigenvalue weighted by atomic mass is 9.98. The zero-order chi connectivity index (χ0) is 12.0. The third kappa shape index (κ3) is 1.69. The second-order valence-electron chi connectivity index (χ2n) is 4.41. The normalized spacial score (nSPS) is 19.4. The summed E-state index contributed by atoms with van der Waals surface area (Å²) in [7, 11) is 0. The zero-order valence-corrected chi connectivity index (χ0v) is 12.7. The molecule has 0 atom stereocenters. The van der Waals surface area contributed by atoms with E-state index in [4.69, 9.17) is 4.74 Å². The first-order valence-electron chi connectivity index (χ1n) is 5.88. The van der Waals surface area contributed by atoms with Gasteiger partial charge in [-0.2, -0.15) is 0 Å². The van der Waals surface area contributed by atoms with E-state index in [1.165, 1.54) is 26.7 Å². The molecule has 1 aliphatic carbocycles. The first-order valence-corrected chi connectivity index (χ1v) is 7.46. The fraction of sp³-hybridized carbons (Fsp3) is 0.385. The van der Waals surface area contributed by atoms with Crippen molar-refractivity contribution >= 4 is 37.4 Å². The van der Waals surface area contributed by atoms with Crippen molar-refractivity contribution in [3.05, 3.63) is 31.7 Å². The highest BCUT2D eigenvalue weighted by atomic mass is 79.9. The van der Waals surface area contributed by atoms with Gasteiger partial charge in [-0.25, -0.2) is 0 Å². The number of benzene rings is 1. The second-order valence-corrected chi connectivity index (χ2v) is 5.99. The maximum absolute atomic E-state index is 5.74. The molecule has 0 fully saturated rings. The molecule has 2 aliphatic rings. The summed E-state index contributed by atoms with van der Waals surface area (Å²) >= 11 is 7.33. The van der Waals surface area contributed by atoms with E-state index >= 15 is 0 Å². The van der Waals surface area contributed by atoms with Crippen LogP contribution in [0.15, 0.2) is 15.0 Å². The topological polar surface area (TPSA) is 36.9 Å². The molecule has 3 N–H and O–H groups in total. The third-order valence-electron chi connectivity index (χ3n) is 3.49. The Morgan fingerprint density at radius 1 is 1.12 bits per heavy atom. The van der Waals surface area contributed by atoms with Gasteiger partial charge < -0.3 is 10.5 Å². The molecule has 0 amide bonds. The molecule has 1 aromatic carbocycles. The van der Waals surface area contributed by atoms with E-state index in [2.05, 4.69) is 43.7 Å². The van der Waals surface area contributed by atoms with Gasteiger partial charge in [0.2, 0.25) is 0 Å². The maximum atomic E-state index is 5.74. The van der Waals surface area contributed by atoms with Crippen molar-refractivity contribution < 1.29 is 10.5 Å². The predicted molar refractivity (Wildman–Crippen MR) is 75.1 cm³/mol. The number of allylic oxidation sites excluding steroid dienone is 1. The van der Waals surface area contributed by atoms with Crippen molar-refractivity contribution in [2.45, 2.75) is 19.3 Å². The summed E-state index contributed by atoms with van der Waals surface area (Å²) < 4.78 is 7.99. The summed E-state index contributed by atoms with van der Waals surface area (Å²) in [6.07, 6.45) is 5.53. The van der Waals surface area contributed by atoms with Crippen molar-refractivity contribution in [1.82, 2.24) is 0 Å². The first kappa shape index (κ1) is 11.8. The number of hydrogen-bond donors (Lipinski definition) is 1. The Morgan fingerprint density at radius 3 is 2.71 bits per heavy atom. The first-order chi connectivity index (χ1) is 8.24. The fourth-order valence-corrected chi connectivity index (χ4v) is 3.97. The Hall–Kier alpha value is -0.320. The Morgan fingerprint density at radius 2 is 1.94 bits per heavy atom. The average Bonchev–Trinajstić information content (AvgIpc) is 2.92. The van der Waals surface area contributed by atoms with Gasteiger partial charge in [0.1, 0.15) is 5.75 Å². The Kier molecular flexibility index (Phi) is 3.05. The lowest BCUT2D eigenvalue weighted by Crippen LogP contribution is -2.49. The summed E-state index contributed by atoms with van der Waals surface area (Å²) in [5, 5.41) is 0. The zero-order valence-electron chi connectivity index (χ0n) is 9.48. The van der Waals surface area contributed by atoms with Crippen molar-refractivity contribution in [3.8, 4) is 5.75 Å². The minimum Gasteiger partial charge on any atom is -0.492 e. The number of hydrogen-bond acceptors (Lipinski definition) is 1. The van der Waals surface area contributed by atoms with E-state index in [1.807, 2.05) is 0 Å². The van der Waals surface area contributed by atoms with E-state index in [9.17, 15) is 0 Å². The van der Waals surface area contributed by atoms with Gasteiger partial charge in [0, 0.05) is 16.5 Å². The number of rotatable bonds is 1. The molecule has 0 spiro atoms. The highest BCUT2D eigenvalue weighted by Gasteiger charge is 2.30. The minimum atomic E-state index is 0.800. The largest absolute Gasteiger partial charge is 0.492 e. The standard InChI is InChI=1S/C13H13Br2NO/c14-11-8-2-1-7(3-5-16)10(8)9-4-6-17-13(9)12(11)15/h3H,1-2,4-6,16H2/p+1/b7-3+. The van der Waals surface area contributed by atoms with Crippen LogP contribution in [0.4, 0.5) is 0 Å². The van der Waals surface area contributed by atoms with Crippen LogP contribution in [-0.2, 0) is 12.8 Å². The monoisotopic (exact) mass is 358 g/mol. The molecule has 17 heavy (non-hydrogen) atoms. The van der Waals surface area contributed by atoms with Crippen LogP contribution in [0.5, 0.6) is 5.75 Å². The van der Waals surface area contributed by atoms with Gasteiger partial charge in [-0.05, 0) is 67.5 Å². The molecule has 0 aromatic heterocycles. The van der Waals surface area contributed by atoms with Gasteiger partial charge in [-0.15, -0.1) is 0 Å². The number of halogens is 2. The van der Waals surface area contributed by atoms with E-state index < -0.39 is 0 Å². The minimum absolute atomic E-state index is 0.800. The Bertz CT molecular complexity index is 523. The van der Waals surface area contributed by atoms with Crippen LogP contribution in [0.1, 0.15) is 23.1 Å². The van der Waals surface area contributed by atoms with Crippen LogP contribution >= 0.6 is 31.9 Å². The molecule has 1 heterocycles. The second kappa shape index (κ2) is 4.41. The molecular weight excluding hydrogens is 346 g/mol. The maximum Gasteiger partial charge on any atom is 0.138 e. The van der Waals surface area contributed by atoms with Crippen LogP contribution < -0.4 is 10.5 Å². The van der Waals surface area contributed by atoms with Crippen LogP contribution in [0.2, 0.25) is 0 Å². The summed E-state index contributed by atoms with van der Waals surface area (Å²) in [4.78, 5) is 0. The fourth-order valence-electron chi connectivity index (χ4n) is 2.80. The van der Waals surface area contributed by atoms with Crippen LogP contribution in [0.25, 0.3) is 5.57 Å². The van der Waals surface area contributed by atoms with Crippen LogP contribution in [-0.4, -0.2) is 13.2 Å². The lowest BCUT2D eigenvalue weighted by Gasteiger charge is -2.12. The van der Waals surface area contributed by atoms with Crippen LogP contribution in [0, 0.1) is 0 Å². The average molecular weight is 360 g/mol. The quantitative estimate of drug-likeness (QED) is 0.822. The molecule has 0 radical (unpaired) electrons. The van der Waals surface area contributed by atoms with Crippen molar-refractivity contribution in [2.24, 2.45) is 0 Å². The van der Waals surface area contributed by atoms with Gasteiger partial charge in [0.05, 0.1) is 17.6 Å². The molecule has 1 aliphatic heterocycles.